The van der Waals surface area contributed by atoms with Crippen LogP contribution in [0.2, 0.25) is 0 Å². The summed E-state index contributed by atoms with van der Waals surface area (Å²) in [6, 6.07) is 13.9. The van der Waals surface area contributed by atoms with E-state index in [9.17, 15) is 14.3 Å². The molecule has 0 amide bonds. The highest BCUT2D eigenvalue weighted by Gasteiger charge is 2.19. The van der Waals surface area contributed by atoms with Crippen molar-refractivity contribution >= 4 is 16.9 Å². The summed E-state index contributed by atoms with van der Waals surface area (Å²) in [5, 5.41) is 11.8. The van der Waals surface area contributed by atoms with Crippen molar-refractivity contribution in [1.82, 2.24) is 4.98 Å². The van der Waals surface area contributed by atoms with E-state index in [1.807, 2.05) is 30.3 Å². The SMILES string of the molecule is O=C([O-])C(Cc1ccccc1)c1c[nH]c2cccc(F)c12. The lowest BCUT2D eigenvalue weighted by Crippen LogP contribution is -2.31. The van der Waals surface area contributed by atoms with Crippen LogP contribution in [0.4, 0.5) is 4.39 Å². The number of fused-ring (bicyclic) bond motifs is 1. The quantitative estimate of drug-likeness (QED) is 0.798. The van der Waals surface area contributed by atoms with Crippen molar-refractivity contribution < 1.29 is 14.3 Å². The maximum absolute atomic E-state index is 14.0. The minimum absolute atomic E-state index is 0.268. The average molecular weight is 282 g/mol. The van der Waals surface area contributed by atoms with E-state index in [2.05, 4.69) is 4.98 Å². The Morgan fingerprint density at radius 1 is 1.14 bits per heavy atom. The summed E-state index contributed by atoms with van der Waals surface area (Å²) in [4.78, 5) is 14.4. The van der Waals surface area contributed by atoms with E-state index in [4.69, 9.17) is 0 Å². The van der Waals surface area contributed by atoms with Gasteiger partial charge in [0, 0.05) is 29.0 Å². The third-order valence-corrected chi connectivity index (χ3v) is 3.63. The second kappa shape index (κ2) is 5.40. The first-order valence-electron chi connectivity index (χ1n) is 6.67. The number of nitrogens with one attached hydrogen (secondary N) is 1. The maximum Gasteiger partial charge on any atom is 0.132 e. The molecule has 1 N–H and O–H groups in total. The van der Waals surface area contributed by atoms with Crippen LogP contribution in [0.1, 0.15) is 17.0 Å². The van der Waals surface area contributed by atoms with Gasteiger partial charge in [0.25, 0.3) is 0 Å². The number of halogens is 1. The predicted octanol–water partition coefficient (Wildman–Crippen LogP) is 2.38. The van der Waals surface area contributed by atoms with Crippen LogP contribution in [0.15, 0.2) is 54.7 Å². The van der Waals surface area contributed by atoms with Crippen molar-refractivity contribution in [3.8, 4) is 0 Å². The molecule has 1 aromatic heterocycles. The summed E-state index contributed by atoms with van der Waals surface area (Å²) in [6.45, 7) is 0. The van der Waals surface area contributed by atoms with Crippen LogP contribution >= 0.6 is 0 Å². The third kappa shape index (κ3) is 2.52. The molecule has 2 aromatic carbocycles. The van der Waals surface area contributed by atoms with Gasteiger partial charge in [0.1, 0.15) is 5.82 Å². The number of carboxylic acids is 1. The molecule has 0 fully saturated rings. The molecule has 0 radical (unpaired) electrons. The van der Waals surface area contributed by atoms with Gasteiger partial charge in [-0.15, -0.1) is 0 Å². The standard InChI is InChI=1S/C17H14FNO2/c18-14-7-4-8-15-16(14)13(10-19-15)12(17(20)21)9-11-5-2-1-3-6-11/h1-8,10,12,19H,9H2,(H,20,21)/p-1. The molecular weight excluding hydrogens is 269 g/mol. The number of rotatable bonds is 4. The molecule has 1 unspecified atom stereocenters. The summed E-state index contributed by atoms with van der Waals surface area (Å²) in [5.41, 5.74) is 1.88. The molecule has 21 heavy (non-hydrogen) atoms. The summed E-state index contributed by atoms with van der Waals surface area (Å²) in [7, 11) is 0. The zero-order valence-corrected chi connectivity index (χ0v) is 11.2. The molecule has 0 bridgehead atoms. The zero-order chi connectivity index (χ0) is 14.8. The van der Waals surface area contributed by atoms with Crippen LogP contribution in [-0.2, 0) is 11.2 Å². The average Bonchev–Trinajstić information content (AvgIpc) is 2.91. The first kappa shape index (κ1) is 13.4. The van der Waals surface area contributed by atoms with Gasteiger partial charge in [-0.2, -0.15) is 0 Å². The monoisotopic (exact) mass is 282 g/mol. The van der Waals surface area contributed by atoms with Crippen LogP contribution in [0.25, 0.3) is 10.9 Å². The fourth-order valence-corrected chi connectivity index (χ4v) is 2.61. The van der Waals surface area contributed by atoms with Crippen molar-refractivity contribution in [2.24, 2.45) is 0 Å². The number of aromatic nitrogens is 1. The Bertz CT molecular complexity index is 780. The minimum Gasteiger partial charge on any atom is -0.549 e. The smallest absolute Gasteiger partial charge is 0.132 e. The molecule has 0 saturated carbocycles. The Hall–Kier alpha value is -2.62. The van der Waals surface area contributed by atoms with Gasteiger partial charge in [0.15, 0.2) is 0 Å². The Labute approximate surface area is 121 Å². The minimum atomic E-state index is -1.21. The van der Waals surface area contributed by atoms with Gasteiger partial charge in [0.2, 0.25) is 0 Å². The van der Waals surface area contributed by atoms with E-state index in [1.54, 1.807) is 18.3 Å². The number of hydrogen-bond acceptors (Lipinski definition) is 2. The number of carbonyl (C=O) groups is 1. The molecule has 3 rings (SSSR count). The third-order valence-electron chi connectivity index (χ3n) is 3.63. The Balaban J connectivity index is 2.06. The van der Waals surface area contributed by atoms with Gasteiger partial charge >= 0.3 is 0 Å². The Morgan fingerprint density at radius 2 is 1.90 bits per heavy atom. The lowest BCUT2D eigenvalue weighted by Gasteiger charge is -2.18. The Kier molecular flexibility index (Phi) is 3.44. The summed E-state index contributed by atoms with van der Waals surface area (Å²) in [6.07, 6.45) is 1.82. The number of aliphatic carboxylic acids is 1. The fourth-order valence-electron chi connectivity index (χ4n) is 2.61. The normalized spacial score (nSPS) is 12.4. The topological polar surface area (TPSA) is 55.9 Å². The van der Waals surface area contributed by atoms with Gasteiger partial charge in [0.05, 0.1) is 0 Å². The predicted molar refractivity (Wildman–Crippen MR) is 76.2 cm³/mol. The maximum atomic E-state index is 14.0. The molecule has 4 heteroatoms. The van der Waals surface area contributed by atoms with Gasteiger partial charge in [-0.25, -0.2) is 4.39 Å². The van der Waals surface area contributed by atoms with E-state index < -0.39 is 17.7 Å². The lowest BCUT2D eigenvalue weighted by atomic mass is 9.91. The lowest BCUT2D eigenvalue weighted by molar-refractivity contribution is -0.307. The van der Waals surface area contributed by atoms with Crippen molar-refractivity contribution in [3.63, 3.8) is 0 Å². The second-order valence-corrected chi connectivity index (χ2v) is 4.97. The number of aromatic amines is 1. The fraction of sp³-hybridized carbons (Fsp3) is 0.118. The van der Waals surface area contributed by atoms with E-state index in [-0.39, 0.29) is 6.42 Å². The molecule has 0 aliphatic carbocycles. The molecule has 1 atom stereocenters. The highest BCUT2D eigenvalue weighted by atomic mass is 19.1. The first-order valence-corrected chi connectivity index (χ1v) is 6.67. The number of benzene rings is 2. The van der Waals surface area contributed by atoms with Crippen molar-refractivity contribution in [1.29, 1.82) is 0 Å². The van der Waals surface area contributed by atoms with E-state index in [1.165, 1.54) is 6.07 Å². The highest BCUT2D eigenvalue weighted by Crippen LogP contribution is 2.30. The van der Waals surface area contributed by atoms with E-state index >= 15 is 0 Å². The van der Waals surface area contributed by atoms with Crippen molar-refractivity contribution in [3.05, 3.63) is 71.7 Å². The number of H-pyrrole nitrogens is 1. The second-order valence-electron chi connectivity index (χ2n) is 4.97. The summed E-state index contributed by atoms with van der Waals surface area (Å²) >= 11 is 0. The summed E-state index contributed by atoms with van der Waals surface area (Å²) < 4.78 is 14.0. The zero-order valence-electron chi connectivity index (χ0n) is 11.2. The molecular formula is C17H13FNO2-. The molecule has 0 aliphatic rings. The van der Waals surface area contributed by atoms with Crippen LogP contribution in [0, 0.1) is 5.82 Å². The number of hydrogen-bond donors (Lipinski definition) is 1. The highest BCUT2D eigenvalue weighted by molar-refractivity contribution is 5.89. The largest absolute Gasteiger partial charge is 0.549 e. The molecule has 106 valence electrons. The summed E-state index contributed by atoms with van der Waals surface area (Å²) in [5.74, 6) is -2.52. The molecule has 0 aliphatic heterocycles. The van der Waals surface area contributed by atoms with Gasteiger partial charge in [-0.05, 0) is 29.7 Å². The molecule has 1 heterocycles. The van der Waals surface area contributed by atoms with E-state index in [0.717, 1.165) is 5.56 Å². The van der Waals surface area contributed by atoms with Crippen LogP contribution in [-0.4, -0.2) is 11.0 Å². The first-order chi connectivity index (χ1) is 10.2. The van der Waals surface area contributed by atoms with Crippen molar-refractivity contribution in [2.75, 3.05) is 0 Å². The Morgan fingerprint density at radius 3 is 2.62 bits per heavy atom. The van der Waals surface area contributed by atoms with Gasteiger partial charge in [-0.3, -0.25) is 0 Å². The van der Waals surface area contributed by atoms with Gasteiger partial charge in [-0.1, -0.05) is 36.4 Å². The molecule has 3 nitrogen and oxygen atoms in total. The molecule has 3 aromatic rings. The van der Waals surface area contributed by atoms with Crippen LogP contribution in [0.5, 0.6) is 0 Å². The van der Waals surface area contributed by atoms with E-state index in [0.29, 0.717) is 16.5 Å². The van der Waals surface area contributed by atoms with Gasteiger partial charge < -0.3 is 14.9 Å². The van der Waals surface area contributed by atoms with Crippen LogP contribution in [0.3, 0.4) is 0 Å². The van der Waals surface area contributed by atoms with Crippen LogP contribution < -0.4 is 5.11 Å². The molecule has 0 saturated heterocycles. The number of carbonyl (C=O) groups excluding carboxylic acids is 1. The van der Waals surface area contributed by atoms with Crippen molar-refractivity contribution in [2.45, 2.75) is 12.3 Å². The molecule has 0 spiro atoms. The number of carboxylic acid groups (broad SMARTS) is 1.